The maximum atomic E-state index is 13.4. The van der Waals surface area contributed by atoms with Crippen molar-refractivity contribution in [3.05, 3.63) is 29.6 Å². The summed E-state index contributed by atoms with van der Waals surface area (Å²) >= 11 is 0. The lowest BCUT2D eigenvalue weighted by atomic mass is 10.2. The zero-order chi connectivity index (χ0) is 12.8. The second kappa shape index (κ2) is 6.39. The molecule has 0 aromatic heterocycles. The fourth-order valence-electron chi connectivity index (χ4n) is 1.45. The van der Waals surface area contributed by atoms with Crippen LogP contribution in [0.1, 0.15) is 18.4 Å². The number of ether oxygens (including phenoxy) is 2. The molecule has 0 radical (unpaired) electrons. The average molecular weight is 249 g/mol. The molecule has 1 aromatic rings. The highest BCUT2D eigenvalue weighted by Gasteiger charge is 2.21. The van der Waals surface area contributed by atoms with E-state index < -0.39 is 5.82 Å². The summed E-state index contributed by atoms with van der Waals surface area (Å²) in [6.45, 7) is 1.04. The molecule has 0 saturated heterocycles. The topological polar surface area (TPSA) is 44.5 Å². The van der Waals surface area contributed by atoms with E-state index in [2.05, 4.69) is 11.8 Å². The Hall–Kier alpha value is -1.57. The number of benzene rings is 1. The van der Waals surface area contributed by atoms with E-state index in [1.54, 1.807) is 12.1 Å². The first-order valence-corrected chi connectivity index (χ1v) is 5.98. The van der Waals surface area contributed by atoms with Gasteiger partial charge in [-0.2, -0.15) is 0 Å². The standard InChI is InChI=1S/C14H16FNO2/c15-13-6-5-11(2-1-7-16)8-14(13)18-10-17-9-12-3-4-12/h5-6,8,12H,3-4,7,9-10,16H2. The number of nitrogens with two attached hydrogens (primary N) is 1. The molecule has 0 heterocycles. The molecule has 18 heavy (non-hydrogen) atoms. The van der Waals surface area contributed by atoms with Gasteiger partial charge in [0.1, 0.15) is 0 Å². The number of halogens is 1. The first-order chi connectivity index (χ1) is 8.79. The Kier molecular flexibility index (Phi) is 4.57. The third kappa shape index (κ3) is 4.02. The number of hydrogen-bond acceptors (Lipinski definition) is 3. The van der Waals surface area contributed by atoms with Crippen molar-refractivity contribution in [2.24, 2.45) is 11.7 Å². The molecule has 0 unspecified atom stereocenters. The molecule has 1 saturated carbocycles. The summed E-state index contributed by atoms with van der Waals surface area (Å²) in [4.78, 5) is 0. The van der Waals surface area contributed by atoms with E-state index in [-0.39, 0.29) is 19.1 Å². The summed E-state index contributed by atoms with van der Waals surface area (Å²) < 4.78 is 24.0. The Morgan fingerprint density at radius 2 is 2.22 bits per heavy atom. The summed E-state index contributed by atoms with van der Waals surface area (Å²) in [6.07, 6.45) is 2.44. The highest BCUT2D eigenvalue weighted by Crippen LogP contribution is 2.28. The van der Waals surface area contributed by atoms with Crippen LogP contribution in [0.3, 0.4) is 0 Å². The Balaban J connectivity index is 1.88. The van der Waals surface area contributed by atoms with Gasteiger partial charge in [0.25, 0.3) is 0 Å². The van der Waals surface area contributed by atoms with Crippen LogP contribution in [0.4, 0.5) is 4.39 Å². The van der Waals surface area contributed by atoms with Crippen molar-refractivity contribution in [1.29, 1.82) is 0 Å². The summed E-state index contributed by atoms with van der Waals surface area (Å²) in [5.74, 6) is 5.95. The molecule has 3 nitrogen and oxygen atoms in total. The molecule has 4 heteroatoms. The number of rotatable bonds is 5. The van der Waals surface area contributed by atoms with Crippen LogP contribution >= 0.6 is 0 Å². The molecular weight excluding hydrogens is 233 g/mol. The Morgan fingerprint density at radius 3 is 2.94 bits per heavy atom. The highest BCUT2D eigenvalue weighted by molar-refractivity contribution is 5.40. The van der Waals surface area contributed by atoms with Crippen LogP contribution in [-0.2, 0) is 4.74 Å². The van der Waals surface area contributed by atoms with Gasteiger partial charge in [0.05, 0.1) is 13.2 Å². The smallest absolute Gasteiger partial charge is 0.189 e. The van der Waals surface area contributed by atoms with Crippen LogP contribution in [0.25, 0.3) is 0 Å². The van der Waals surface area contributed by atoms with Crippen molar-refractivity contribution in [2.45, 2.75) is 12.8 Å². The van der Waals surface area contributed by atoms with Gasteiger partial charge >= 0.3 is 0 Å². The molecule has 2 rings (SSSR count). The zero-order valence-electron chi connectivity index (χ0n) is 10.1. The van der Waals surface area contributed by atoms with Crippen LogP contribution in [0.5, 0.6) is 5.75 Å². The van der Waals surface area contributed by atoms with Gasteiger partial charge in [-0.15, -0.1) is 0 Å². The van der Waals surface area contributed by atoms with Gasteiger partial charge in [-0.1, -0.05) is 11.8 Å². The van der Waals surface area contributed by atoms with Gasteiger partial charge in [-0.3, -0.25) is 0 Å². The lowest BCUT2D eigenvalue weighted by Gasteiger charge is -2.08. The van der Waals surface area contributed by atoms with Crippen LogP contribution < -0.4 is 10.5 Å². The monoisotopic (exact) mass is 249 g/mol. The van der Waals surface area contributed by atoms with Crippen LogP contribution in [0.15, 0.2) is 18.2 Å². The van der Waals surface area contributed by atoms with E-state index >= 15 is 0 Å². The quantitative estimate of drug-likeness (QED) is 0.492. The second-order valence-corrected chi connectivity index (χ2v) is 4.23. The fourth-order valence-corrected chi connectivity index (χ4v) is 1.45. The van der Waals surface area contributed by atoms with E-state index in [0.29, 0.717) is 18.1 Å². The van der Waals surface area contributed by atoms with Crippen LogP contribution in [-0.4, -0.2) is 19.9 Å². The van der Waals surface area contributed by atoms with Crippen molar-refractivity contribution < 1.29 is 13.9 Å². The molecule has 0 bridgehead atoms. The van der Waals surface area contributed by atoms with Crippen molar-refractivity contribution >= 4 is 0 Å². The van der Waals surface area contributed by atoms with E-state index in [1.165, 1.54) is 18.9 Å². The molecular formula is C14H16FNO2. The normalized spacial score (nSPS) is 13.9. The van der Waals surface area contributed by atoms with E-state index in [1.807, 2.05) is 0 Å². The van der Waals surface area contributed by atoms with Gasteiger partial charge in [-0.05, 0) is 37.0 Å². The van der Waals surface area contributed by atoms with Crippen molar-refractivity contribution in [3.63, 3.8) is 0 Å². The number of hydrogen-bond donors (Lipinski definition) is 1. The average Bonchev–Trinajstić information content (AvgIpc) is 3.19. The molecule has 0 atom stereocenters. The third-order valence-corrected chi connectivity index (χ3v) is 2.61. The summed E-state index contributed by atoms with van der Waals surface area (Å²) in [6, 6.07) is 4.48. The first kappa shape index (κ1) is 12.9. The minimum absolute atomic E-state index is 0.0706. The van der Waals surface area contributed by atoms with Gasteiger partial charge < -0.3 is 15.2 Å². The Bertz CT molecular complexity index is 461. The van der Waals surface area contributed by atoms with Crippen molar-refractivity contribution in [2.75, 3.05) is 19.9 Å². The molecule has 0 aliphatic heterocycles. The summed E-state index contributed by atoms with van der Waals surface area (Å²) in [7, 11) is 0. The van der Waals surface area contributed by atoms with Gasteiger partial charge in [-0.25, -0.2) is 4.39 Å². The largest absolute Gasteiger partial charge is 0.464 e. The van der Waals surface area contributed by atoms with E-state index in [9.17, 15) is 4.39 Å². The van der Waals surface area contributed by atoms with Crippen LogP contribution in [0.2, 0.25) is 0 Å². The molecule has 1 fully saturated rings. The minimum atomic E-state index is -0.414. The van der Waals surface area contributed by atoms with Crippen molar-refractivity contribution in [1.82, 2.24) is 0 Å². The van der Waals surface area contributed by atoms with Gasteiger partial charge in [0.2, 0.25) is 0 Å². The third-order valence-electron chi connectivity index (χ3n) is 2.61. The predicted molar refractivity (Wildman–Crippen MR) is 66.5 cm³/mol. The van der Waals surface area contributed by atoms with E-state index in [0.717, 1.165) is 0 Å². The van der Waals surface area contributed by atoms with Crippen LogP contribution in [0, 0.1) is 23.6 Å². The first-order valence-electron chi connectivity index (χ1n) is 5.98. The summed E-state index contributed by atoms with van der Waals surface area (Å²) in [5.41, 5.74) is 5.96. The fraction of sp³-hybridized carbons (Fsp3) is 0.429. The Morgan fingerprint density at radius 1 is 1.39 bits per heavy atom. The molecule has 1 aliphatic rings. The Labute approximate surface area is 106 Å². The molecule has 2 N–H and O–H groups in total. The lowest BCUT2D eigenvalue weighted by Crippen LogP contribution is -2.06. The van der Waals surface area contributed by atoms with E-state index in [4.69, 9.17) is 15.2 Å². The minimum Gasteiger partial charge on any atom is -0.464 e. The maximum Gasteiger partial charge on any atom is 0.189 e. The van der Waals surface area contributed by atoms with Gasteiger partial charge in [0.15, 0.2) is 18.4 Å². The maximum absolute atomic E-state index is 13.4. The van der Waals surface area contributed by atoms with Gasteiger partial charge in [0, 0.05) is 5.56 Å². The summed E-state index contributed by atoms with van der Waals surface area (Å²) in [5, 5.41) is 0. The molecule has 1 aromatic carbocycles. The molecule has 0 spiro atoms. The SMILES string of the molecule is NCC#Cc1ccc(F)c(OCOCC2CC2)c1. The lowest BCUT2D eigenvalue weighted by molar-refractivity contribution is 0.00792. The molecule has 0 amide bonds. The zero-order valence-corrected chi connectivity index (χ0v) is 10.1. The van der Waals surface area contributed by atoms with Crippen molar-refractivity contribution in [3.8, 4) is 17.6 Å². The highest BCUT2D eigenvalue weighted by atomic mass is 19.1. The molecule has 96 valence electrons. The predicted octanol–water partition coefficient (Wildman–Crippen LogP) is 1.90. The molecule has 1 aliphatic carbocycles. The second-order valence-electron chi connectivity index (χ2n) is 4.23.